The zero-order valence-electron chi connectivity index (χ0n) is 24.1. The fourth-order valence-electron chi connectivity index (χ4n) is 5.51. The van der Waals surface area contributed by atoms with Gasteiger partial charge in [0.1, 0.15) is 5.75 Å². The SMILES string of the molecule is CCOC(=O)C1=C(c2ccccc2)N=C2SC=C(CC(=O)N3CCC(C(=O)OCC)CC3)N2C1c1cccc(OC)c1. The van der Waals surface area contributed by atoms with E-state index in [1.807, 2.05) is 64.9 Å². The molecule has 0 aromatic heterocycles. The summed E-state index contributed by atoms with van der Waals surface area (Å²) in [6.45, 7) is 5.13. The molecule has 5 rings (SSSR count). The van der Waals surface area contributed by atoms with Crippen molar-refractivity contribution in [1.29, 1.82) is 0 Å². The average molecular weight is 590 g/mol. The molecular weight excluding hydrogens is 554 g/mol. The number of methoxy groups -OCH3 is 1. The Morgan fingerprint density at radius 2 is 1.71 bits per heavy atom. The van der Waals surface area contributed by atoms with Crippen LogP contribution < -0.4 is 4.74 Å². The van der Waals surface area contributed by atoms with Gasteiger partial charge in [-0.05, 0) is 49.8 Å². The highest BCUT2D eigenvalue weighted by molar-refractivity contribution is 8.16. The van der Waals surface area contributed by atoms with Crippen molar-refractivity contribution in [3.8, 4) is 5.75 Å². The van der Waals surface area contributed by atoms with Gasteiger partial charge >= 0.3 is 11.9 Å². The van der Waals surface area contributed by atoms with E-state index in [-0.39, 0.29) is 30.8 Å². The molecule has 1 unspecified atom stereocenters. The molecule has 0 aliphatic carbocycles. The molecule has 3 aliphatic heterocycles. The fraction of sp³-hybridized carbons (Fsp3) is 0.375. The first kappa shape index (κ1) is 29.4. The molecule has 0 bridgehead atoms. The second-order valence-corrected chi connectivity index (χ2v) is 10.9. The first-order valence-electron chi connectivity index (χ1n) is 14.2. The number of fused-ring (bicyclic) bond motifs is 1. The topological polar surface area (TPSA) is 97.7 Å². The fourth-order valence-corrected chi connectivity index (χ4v) is 6.43. The van der Waals surface area contributed by atoms with Crippen LogP contribution in [-0.2, 0) is 23.9 Å². The van der Waals surface area contributed by atoms with Crippen LogP contribution in [0.4, 0.5) is 0 Å². The molecule has 0 N–H and O–H groups in total. The van der Waals surface area contributed by atoms with Crippen LogP contribution in [0.15, 0.2) is 76.3 Å². The number of amides is 1. The lowest BCUT2D eigenvalue weighted by atomic mass is 9.91. The molecule has 3 aliphatic rings. The van der Waals surface area contributed by atoms with Gasteiger partial charge in [-0.1, -0.05) is 54.2 Å². The van der Waals surface area contributed by atoms with E-state index in [4.69, 9.17) is 19.2 Å². The summed E-state index contributed by atoms with van der Waals surface area (Å²) in [4.78, 5) is 48.1. The summed E-state index contributed by atoms with van der Waals surface area (Å²) in [7, 11) is 1.60. The van der Waals surface area contributed by atoms with Crippen molar-refractivity contribution in [2.45, 2.75) is 39.2 Å². The summed E-state index contributed by atoms with van der Waals surface area (Å²) >= 11 is 1.43. The summed E-state index contributed by atoms with van der Waals surface area (Å²) in [5.74, 6) is -0.218. The predicted molar refractivity (Wildman–Crippen MR) is 161 cm³/mol. The zero-order valence-corrected chi connectivity index (χ0v) is 24.9. The Bertz CT molecular complexity index is 1430. The smallest absolute Gasteiger partial charge is 0.338 e. The van der Waals surface area contributed by atoms with Crippen molar-refractivity contribution in [2.75, 3.05) is 33.4 Å². The number of rotatable bonds is 9. The van der Waals surface area contributed by atoms with Crippen LogP contribution in [0.5, 0.6) is 5.75 Å². The van der Waals surface area contributed by atoms with Gasteiger partial charge in [-0.3, -0.25) is 9.59 Å². The average Bonchev–Trinajstić information content (AvgIpc) is 3.42. The minimum Gasteiger partial charge on any atom is -0.497 e. The Morgan fingerprint density at radius 1 is 0.976 bits per heavy atom. The van der Waals surface area contributed by atoms with Gasteiger partial charge in [-0.2, -0.15) is 0 Å². The van der Waals surface area contributed by atoms with E-state index in [1.54, 1.807) is 25.9 Å². The number of esters is 2. The highest BCUT2D eigenvalue weighted by Crippen LogP contribution is 2.47. The van der Waals surface area contributed by atoms with E-state index in [9.17, 15) is 14.4 Å². The number of nitrogens with zero attached hydrogens (tertiary/aromatic N) is 3. The summed E-state index contributed by atoms with van der Waals surface area (Å²) in [5.41, 5.74) is 3.31. The third kappa shape index (κ3) is 6.09. The number of hydrogen-bond acceptors (Lipinski definition) is 9. The van der Waals surface area contributed by atoms with Crippen LogP contribution in [0.2, 0.25) is 0 Å². The van der Waals surface area contributed by atoms with Crippen LogP contribution in [0.1, 0.15) is 50.3 Å². The highest BCUT2D eigenvalue weighted by Gasteiger charge is 2.43. The molecule has 2 aromatic carbocycles. The molecule has 0 spiro atoms. The van der Waals surface area contributed by atoms with Gasteiger partial charge in [0.15, 0.2) is 5.17 Å². The Hall–Kier alpha value is -4.05. The van der Waals surface area contributed by atoms with E-state index in [1.165, 1.54) is 11.8 Å². The second-order valence-electron chi connectivity index (χ2n) is 10.1. The van der Waals surface area contributed by atoms with Crippen LogP contribution in [0, 0.1) is 5.92 Å². The summed E-state index contributed by atoms with van der Waals surface area (Å²) in [6, 6.07) is 16.6. The minimum atomic E-state index is -0.592. The molecule has 1 atom stereocenters. The molecule has 42 heavy (non-hydrogen) atoms. The van der Waals surface area contributed by atoms with Crippen molar-refractivity contribution in [3.05, 3.63) is 82.4 Å². The first-order chi connectivity index (χ1) is 20.4. The van der Waals surface area contributed by atoms with Gasteiger partial charge in [0.25, 0.3) is 0 Å². The quantitative estimate of drug-likeness (QED) is 0.370. The number of ether oxygens (including phenoxy) is 3. The maximum absolute atomic E-state index is 13.7. The molecular formula is C32H35N3O6S. The van der Waals surface area contributed by atoms with Crippen molar-refractivity contribution in [1.82, 2.24) is 9.80 Å². The number of hydrogen-bond donors (Lipinski definition) is 0. The number of piperidine rings is 1. The second kappa shape index (κ2) is 13.3. The molecule has 1 amide bonds. The minimum absolute atomic E-state index is 0.0367. The van der Waals surface area contributed by atoms with Gasteiger partial charge in [0.2, 0.25) is 5.91 Å². The Morgan fingerprint density at radius 3 is 2.40 bits per heavy atom. The Kier molecular flexibility index (Phi) is 9.31. The number of carbonyl (C=O) groups is 3. The van der Waals surface area contributed by atoms with Crippen LogP contribution >= 0.6 is 11.8 Å². The van der Waals surface area contributed by atoms with Crippen molar-refractivity contribution < 1.29 is 28.6 Å². The maximum atomic E-state index is 13.7. The molecule has 0 saturated carbocycles. The first-order valence-corrected chi connectivity index (χ1v) is 15.1. The number of benzene rings is 2. The number of carbonyl (C=O) groups excluding carboxylic acids is 3. The standard InChI is InChI=1S/C32H35N3O6S/c1-4-40-30(37)22-14-16-34(17-15-22)26(36)19-24-20-42-32-33-28(21-10-7-6-8-11-21)27(31(38)41-5-2)29(35(24)32)23-12-9-13-25(18-23)39-3/h6-13,18,20,22,29H,4-5,14-17,19H2,1-3H3. The number of likely N-dealkylation sites (tertiary alicyclic amines) is 1. The van der Waals surface area contributed by atoms with Crippen molar-refractivity contribution >= 4 is 40.5 Å². The van der Waals surface area contributed by atoms with E-state index < -0.39 is 12.0 Å². The van der Waals surface area contributed by atoms with Crippen LogP contribution in [0.25, 0.3) is 5.70 Å². The molecule has 3 heterocycles. The monoisotopic (exact) mass is 589 g/mol. The lowest BCUT2D eigenvalue weighted by Gasteiger charge is -2.37. The summed E-state index contributed by atoms with van der Waals surface area (Å²) in [5, 5.41) is 2.62. The summed E-state index contributed by atoms with van der Waals surface area (Å²) in [6.07, 6.45) is 1.29. The third-order valence-corrected chi connectivity index (χ3v) is 8.45. The van der Waals surface area contributed by atoms with Gasteiger partial charge < -0.3 is 24.0 Å². The summed E-state index contributed by atoms with van der Waals surface area (Å²) < 4.78 is 16.3. The lowest BCUT2D eigenvalue weighted by Crippen LogP contribution is -2.42. The highest BCUT2D eigenvalue weighted by atomic mass is 32.2. The van der Waals surface area contributed by atoms with Crippen LogP contribution in [-0.4, -0.2) is 66.2 Å². The molecule has 220 valence electrons. The van der Waals surface area contributed by atoms with Gasteiger partial charge in [0.05, 0.1) is 50.0 Å². The normalized spacial score (nSPS) is 18.7. The maximum Gasteiger partial charge on any atom is 0.338 e. The molecule has 1 saturated heterocycles. The van der Waals surface area contributed by atoms with E-state index in [2.05, 4.69) is 0 Å². The molecule has 9 nitrogen and oxygen atoms in total. The van der Waals surface area contributed by atoms with E-state index >= 15 is 0 Å². The van der Waals surface area contributed by atoms with Gasteiger partial charge in [-0.25, -0.2) is 9.79 Å². The third-order valence-electron chi connectivity index (χ3n) is 7.56. The Balaban J connectivity index is 1.48. The van der Waals surface area contributed by atoms with Gasteiger partial charge in [-0.15, -0.1) is 0 Å². The molecule has 0 radical (unpaired) electrons. The van der Waals surface area contributed by atoms with E-state index in [0.717, 1.165) is 16.8 Å². The molecule has 2 aromatic rings. The predicted octanol–water partition coefficient (Wildman–Crippen LogP) is 5.16. The molecule has 1 fully saturated rings. The van der Waals surface area contributed by atoms with Crippen molar-refractivity contribution in [2.24, 2.45) is 10.9 Å². The number of aliphatic imine (C=N–C) groups is 1. The van der Waals surface area contributed by atoms with Gasteiger partial charge in [0, 0.05) is 24.4 Å². The van der Waals surface area contributed by atoms with Crippen molar-refractivity contribution in [3.63, 3.8) is 0 Å². The molecule has 10 heteroatoms. The number of thioether (sulfide) groups is 1. The lowest BCUT2D eigenvalue weighted by molar-refractivity contribution is -0.151. The Labute approximate surface area is 250 Å². The van der Waals surface area contributed by atoms with E-state index in [0.29, 0.717) is 54.7 Å². The largest absolute Gasteiger partial charge is 0.497 e. The number of amidine groups is 1. The van der Waals surface area contributed by atoms with Crippen LogP contribution in [0.3, 0.4) is 0 Å². The zero-order chi connectivity index (χ0) is 29.6.